The first-order valence-electron chi connectivity index (χ1n) is 5.59. The van der Waals surface area contributed by atoms with Crippen LogP contribution in [-0.4, -0.2) is 17.6 Å². The molecule has 0 spiro atoms. The van der Waals surface area contributed by atoms with Gasteiger partial charge in [0.25, 0.3) is 0 Å². The standard InChI is InChI=1S/C13H16FN3O/c1-2-3-4-7-16-9-11-6-5-10(8-12(11)14)13(15)17-18/h1,5-6,8,16,18H,3-4,7,9H2,(H2,15,17). The fraction of sp³-hybridized carbons (Fsp3) is 0.308. The minimum atomic E-state index is -0.386. The first kappa shape index (κ1) is 14.0. The first-order chi connectivity index (χ1) is 8.69. The summed E-state index contributed by atoms with van der Waals surface area (Å²) in [6, 6.07) is 4.46. The smallest absolute Gasteiger partial charge is 0.170 e. The molecule has 0 saturated carbocycles. The van der Waals surface area contributed by atoms with Gasteiger partial charge in [-0.3, -0.25) is 0 Å². The highest BCUT2D eigenvalue weighted by molar-refractivity contribution is 5.97. The van der Waals surface area contributed by atoms with E-state index in [-0.39, 0.29) is 11.7 Å². The number of unbranched alkanes of at least 4 members (excludes halogenated alkanes) is 1. The Labute approximate surface area is 106 Å². The summed E-state index contributed by atoms with van der Waals surface area (Å²) < 4.78 is 13.7. The maximum atomic E-state index is 13.7. The molecular weight excluding hydrogens is 233 g/mol. The number of hydrogen-bond acceptors (Lipinski definition) is 3. The SMILES string of the molecule is C#CCCCNCc1ccc(/C(N)=N\O)cc1F. The molecule has 0 radical (unpaired) electrons. The molecule has 0 fully saturated rings. The van der Waals surface area contributed by atoms with E-state index in [0.717, 1.165) is 13.0 Å². The predicted octanol–water partition coefficient (Wildman–Crippen LogP) is 1.42. The van der Waals surface area contributed by atoms with Crippen LogP contribution in [0.4, 0.5) is 4.39 Å². The zero-order valence-corrected chi connectivity index (χ0v) is 9.99. The van der Waals surface area contributed by atoms with Crippen molar-refractivity contribution in [1.82, 2.24) is 5.32 Å². The minimum absolute atomic E-state index is 0.109. The van der Waals surface area contributed by atoms with Gasteiger partial charge in [-0.05, 0) is 19.0 Å². The average molecular weight is 249 g/mol. The molecule has 0 unspecified atom stereocenters. The Bertz CT molecular complexity index is 466. The number of terminal acetylenes is 1. The van der Waals surface area contributed by atoms with E-state index in [1.807, 2.05) is 0 Å². The highest BCUT2D eigenvalue weighted by Crippen LogP contribution is 2.10. The molecule has 1 aromatic rings. The molecule has 18 heavy (non-hydrogen) atoms. The molecule has 0 aromatic heterocycles. The van der Waals surface area contributed by atoms with E-state index in [1.165, 1.54) is 6.07 Å². The number of amidine groups is 1. The molecule has 0 bridgehead atoms. The van der Waals surface area contributed by atoms with Crippen molar-refractivity contribution >= 4 is 5.84 Å². The summed E-state index contributed by atoms with van der Waals surface area (Å²) in [5.74, 6) is 2.04. The van der Waals surface area contributed by atoms with Gasteiger partial charge in [-0.15, -0.1) is 12.3 Å². The van der Waals surface area contributed by atoms with E-state index in [0.29, 0.717) is 24.1 Å². The first-order valence-corrected chi connectivity index (χ1v) is 5.59. The third kappa shape index (κ3) is 4.07. The van der Waals surface area contributed by atoms with Crippen LogP contribution in [0.1, 0.15) is 24.0 Å². The van der Waals surface area contributed by atoms with Crippen LogP contribution < -0.4 is 11.1 Å². The zero-order valence-electron chi connectivity index (χ0n) is 9.99. The fourth-order valence-electron chi connectivity index (χ4n) is 1.45. The van der Waals surface area contributed by atoms with Gasteiger partial charge in [0.2, 0.25) is 0 Å². The number of halogens is 1. The summed E-state index contributed by atoms with van der Waals surface area (Å²) in [5, 5.41) is 14.4. The summed E-state index contributed by atoms with van der Waals surface area (Å²) in [7, 11) is 0. The van der Waals surface area contributed by atoms with Crippen LogP contribution >= 0.6 is 0 Å². The molecule has 0 amide bonds. The van der Waals surface area contributed by atoms with E-state index in [1.54, 1.807) is 12.1 Å². The average Bonchev–Trinajstić information content (AvgIpc) is 2.39. The normalized spacial score (nSPS) is 11.2. The maximum Gasteiger partial charge on any atom is 0.170 e. The molecule has 0 atom stereocenters. The van der Waals surface area contributed by atoms with Gasteiger partial charge in [-0.2, -0.15) is 0 Å². The van der Waals surface area contributed by atoms with Gasteiger partial charge in [-0.1, -0.05) is 17.3 Å². The van der Waals surface area contributed by atoms with Gasteiger partial charge >= 0.3 is 0 Å². The van der Waals surface area contributed by atoms with E-state index in [9.17, 15) is 4.39 Å². The van der Waals surface area contributed by atoms with E-state index in [4.69, 9.17) is 17.4 Å². The number of rotatable bonds is 6. The lowest BCUT2D eigenvalue weighted by molar-refractivity contribution is 0.318. The van der Waals surface area contributed by atoms with Crippen molar-refractivity contribution in [3.63, 3.8) is 0 Å². The number of nitrogens with zero attached hydrogens (tertiary/aromatic N) is 1. The molecular formula is C13H16FN3O. The lowest BCUT2D eigenvalue weighted by Gasteiger charge is -2.06. The second-order valence-corrected chi connectivity index (χ2v) is 3.78. The summed E-state index contributed by atoms with van der Waals surface area (Å²) in [4.78, 5) is 0. The topological polar surface area (TPSA) is 70.6 Å². The molecule has 0 aliphatic rings. The van der Waals surface area contributed by atoms with Gasteiger partial charge in [0, 0.05) is 24.1 Å². The van der Waals surface area contributed by atoms with Crippen LogP contribution in [0.25, 0.3) is 0 Å². The predicted molar refractivity (Wildman–Crippen MR) is 68.7 cm³/mol. The summed E-state index contributed by atoms with van der Waals surface area (Å²) in [6.07, 6.45) is 6.69. The largest absolute Gasteiger partial charge is 0.409 e. The molecule has 1 aromatic carbocycles. The second kappa shape index (κ2) is 7.30. The van der Waals surface area contributed by atoms with Crippen molar-refractivity contribution in [3.8, 4) is 12.3 Å². The van der Waals surface area contributed by atoms with Crippen LogP contribution in [0, 0.1) is 18.2 Å². The lowest BCUT2D eigenvalue weighted by Crippen LogP contribution is -2.17. The fourth-order valence-corrected chi connectivity index (χ4v) is 1.45. The Kier molecular flexibility index (Phi) is 5.68. The highest BCUT2D eigenvalue weighted by atomic mass is 19.1. The Balaban J connectivity index is 2.55. The van der Waals surface area contributed by atoms with Gasteiger partial charge in [-0.25, -0.2) is 4.39 Å². The zero-order chi connectivity index (χ0) is 13.4. The van der Waals surface area contributed by atoms with E-state index in [2.05, 4.69) is 16.4 Å². The van der Waals surface area contributed by atoms with Gasteiger partial charge < -0.3 is 16.3 Å². The Morgan fingerprint density at radius 3 is 2.94 bits per heavy atom. The van der Waals surface area contributed by atoms with Crippen LogP contribution in [0.2, 0.25) is 0 Å². The maximum absolute atomic E-state index is 13.7. The number of benzene rings is 1. The Morgan fingerprint density at radius 1 is 1.56 bits per heavy atom. The Morgan fingerprint density at radius 2 is 2.33 bits per heavy atom. The molecule has 0 aliphatic heterocycles. The third-order valence-corrected chi connectivity index (χ3v) is 2.45. The van der Waals surface area contributed by atoms with Crippen molar-refractivity contribution < 1.29 is 9.60 Å². The van der Waals surface area contributed by atoms with Crippen molar-refractivity contribution in [2.45, 2.75) is 19.4 Å². The summed E-state index contributed by atoms with van der Waals surface area (Å²) in [5.41, 5.74) is 6.25. The lowest BCUT2D eigenvalue weighted by atomic mass is 10.1. The molecule has 4 nitrogen and oxygen atoms in total. The molecule has 5 heteroatoms. The third-order valence-electron chi connectivity index (χ3n) is 2.45. The molecule has 0 heterocycles. The molecule has 4 N–H and O–H groups in total. The molecule has 1 rings (SSSR count). The highest BCUT2D eigenvalue weighted by Gasteiger charge is 2.05. The van der Waals surface area contributed by atoms with Crippen LogP contribution in [-0.2, 0) is 6.54 Å². The van der Waals surface area contributed by atoms with Crippen molar-refractivity contribution in [1.29, 1.82) is 0 Å². The van der Waals surface area contributed by atoms with Crippen molar-refractivity contribution in [2.75, 3.05) is 6.54 Å². The van der Waals surface area contributed by atoms with E-state index < -0.39 is 0 Å². The van der Waals surface area contributed by atoms with Gasteiger partial charge in [0.1, 0.15) is 5.82 Å². The number of nitrogens with one attached hydrogen (secondary N) is 1. The number of oxime groups is 1. The minimum Gasteiger partial charge on any atom is -0.409 e. The Hall–Kier alpha value is -2.06. The van der Waals surface area contributed by atoms with Crippen LogP contribution in [0.5, 0.6) is 0 Å². The molecule has 0 aliphatic carbocycles. The summed E-state index contributed by atoms with van der Waals surface area (Å²) >= 11 is 0. The van der Waals surface area contributed by atoms with Crippen molar-refractivity contribution in [3.05, 3.63) is 35.1 Å². The number of hydrogen-bond donors (Lipinski definition) is 3. The quantitative estimate of drug-likeness (QED) is 0.178. The van der Waals surface area contributed by atoms with Gasteiger partial charge in [0.15, 0.2) is 5.84 Å². The summed E-state index contributed by atoms with van der Waals surface area (Å²) in [6.45, 7) is 1.17. The molecule has 0 saturated heterocycles. The van der Waals surface area contributed by atoms with Crippen molar-refractivity contribution in [2.24, 2.45) is 10.9 Å². The van der Waals surface area contributed by atoms with E-state index >= 15 is 0 Å². The number of nitrogens with two attached hydrogens (primary N) is 1. The van der Waals surface area contributed by atoms with Crippen LogP contribution in [0.15, 0.2) is 23.4 Å². The molecule has 96 valence electrons. The van der Waals surface area contributed by atoms with Gasteiger partial charge in [0.05, 0.1) is 0 Å². The second-order valence-electron chi connectivity index (χ2n) is 3.78. The monoisotopic (exact) mass is 249 g/mol. The van der Waals surface area contributed by atoms with Crippen LogP contribution in [0.3, 0.4) is 0 Å².